The Morgan fingerprint density at radius 3 is 2.00 bits per heavy atom. The summed E-state index contributed by atoms with van der Waals surface area (Å²) in [5, 5.41) is 1.71. The van der Waals surface area contributed by atoms with Gasteiger partial charge >= 0.3 is 0 Å². The van der Waals surface area contributed by atoms with E-state index in [4.69, 9.17) is 40.6 Å². The van der Waals surface area contributed by atoms with E-state index in [1.54, 1.807) is 12.1 Å². The summed E-state index contributed by atoms with van der Waals surface area (Å²) in [6, 6.07) is 12.7. The fraction of sp³-hybridized carbons (Fsp3) is 0.0769. The maximum absolute atomic E-state index is 6.01. The maximum Gasteiger partial charge on any atom is 0.0710 e. The molecular weight excluding hydrogens is 291 g/mol. The molecule has 0 aromatic heterocycles. The Balaban J connectivity index is 2.38. The van der Waals surface area contributed by atoms with Crippen molar-refractivity contribution in [1.82, 2.24) is 5.43 Å². The van der Waals surface area contributed by atoms with Crippen molar-refractivity contribution in [3.05, 3.63) is 68.7 Å². The fourth-order valence-electron chi connectivity index (χ4n) is 1.73. The van der Waals surface area contributed by atoms with E-state index in [0.717, 1.165) is 11.1 Å². The van der Waals surface area contributed by atoms with Crippen molar-refractivity contribution in [3.8, 4) is 0 Å². The molecule has 0 spiro atoms. The standard InChI is InChI=1S/C13H11Cl3N2/c14-10-4-1-8(2-5-10)13(18-17)9-3-6-11(15)12(16)7-9/h1-7,13,18H,17H2. The maximum atomic E-state index is 6.01. The van der Waals surface area contributed by atoms with Crippen LogP contribution in [0.1, 0.15) is 17.2 Å². The van der Waals surface area contributed by atoms with Crippen LogP contribution in [0.2, 0.25) is 15.1 Å². The zero-order valence-corrected chi connectivity index (χ0v) is 11.6. The predicted octanol–water partition coefficient (Wildman–Crippen LogP) is 4.20. The number of benzene rings is 2. The average Bonchev–Trinajstić information content (AvgIpc) is 2.37. The molecule has 0 amide bonds. The molecule has 3 N–H and O–H groups in total. The minimum Gasteiger partial charge on any atom is -0.271 e. The smallest absolute Gasteiger partial charge is 0.0710 e. The topological polar surface area (TPSA) is 38.0 Å². The molecule has 0 aliphatic heterocycles. The second kappa shape index (κ2) is 5.91. The molecule has 0 fully saturated rings. The Labute approximate surface area is 121 Å². The predicted molar refractivity (Wildman–Crippen MR) is 77.1 cm³/mol. The van der Waals surface area contributed by atoms with E-state index in [9.17, 15) is 0 Å². The third-order valence-corrected chi connectivity index (χ3v) is 3.64. The van der Waals surface area contributed by atoms with Crippen LogP contribution in [0.5, 0.6) is 0 Å². The number of hydrogen-bond acceptors (Lipinski definition) is 2. The second-order valence-corrected chi connectivity index (χ2v) is 5.08. The molecule has 94 valence electrons. The Morgan fingerprint density at radius 1 is 0.833 bits per heavy atom. The molecule has 0 bridgehead atoms. The number of hydrogen-bond donors (Lipinski definition) is 2. The zero-order valence-electron chi connectivity index (χ0n) is 9.33. The Bertz CT molecular complexity index is 540. The van der Waals surface area contributed by atoms with Gasteiger partial charge in [-0.25, -0.2) is 5.43 Å². The summed E-state index contributed by atoms with van der Waals surface area (Å²) >= 11 is 17.8. The quantitative estimate of drug-likeness (QED) is 0.658. The van der Waals surface area contributed by atoms with Gasteiger partial charge in [0.05, 0.1) is 16.1 Å². The van der Waals surface area contributed by atoms with Gasteiger partial charge in [0.25, 0.3) is 0 Å². The van der Waals surface area contributed by atoms with Crippen LogP contribution >= 0.6 is 34.8 Å². The largest absolute Gasteiger partial charge is 0.271 e. The molecule has 0 radical (unpaired) electrons. The number of nitrogens with one attached hydrogen (secondary N) is 1. The summed E-state index contributed by atoms with van der Waals surface area (Å²) in [6.07, 6.45) is 0. The van der Waals surface area contributed by atoms with Gasteiger partial charge in [-0.2, -0.15) is 0 Å². The average molecular weight is 302 g/mol. The van der Waals surface area contributed by atoms with Gasteiger partial charge in [-0.3, -0.25) is 5.84 Å². The normalized spacial score (nSPS) is 12.4. The first kappa shape index (κ1) is 13.7. The van der Waals surface area contributed by atoms with Crippen molar-refractivity contribution in [3.63, 3.8) is 0 Å². The number of nitrogens with two attached hydrogens (primary N) is 1. The molecule has 5 heteroatoms. The van der Waals surface area contributed by atoms with Gasteiger partial charge in [0.1, 0.15) is 0 Å². The first-order chi connectivity index (χ1) is 8.61. The summed E-state index contributed by atoms with van der Waals surface area (Å²) < 4.78 is 0. The van der Waals surface area contributed by atoms with Crippen molar-refractivity contribution in [2.45, 2.75) is 6.04 Å². The van der Waals surface area contributed by atoms with E-state index < -0.39 is 0 Å². The third kappa shape index (κ3) is 2.97. The Hall–Kier alpha value is -0.770. The van der Waals surface area contributed by atoms with Gasteiger partial charge in [-0.05, 0) is 35.4 Å². The molecule has 2 aromatic rings. The molecule has 0 heterocycles. The summed E-state index contributed by atoms with van der Waals surface area (Å²) in [7, 11) is 0. The minimum atomic E-state index is -0.156. The Morgan fingerprint density at radius 2 is 1.44 bits per heavy atom. The molecule has 0 aliphatic rings. The van der Waals surface area contributed by atoms with Crippen molar-refractivity contribution in [2.24, 2.45) is 5.84 Å². The van der Waals surface area contributed by atoms with Crippen LogP contribution in [0.3, 0.4) is 0 Å². The molecule has 0 aliphatic carbocycles. The van der Waals surface area contributed by atoms with Gasteiger partial charge in [0, 0.05) is 5.02 Å². The van der Waals surface area contributed by atoms with Crippen LogP contribution in [-0.4, -0.2) is 0 Å². The van der Waals surface area contributed by atoms with Crippen molar-refractivity contribution < 1.29 is 0 Å². The monoisotopic (exact) mass is 300 g/mol. The highest BCUT2D eigenvalue weighted by molar-refractivity contribution is 6.42. The molecule has 2 rings (SSSR count). The van der Waals surface area contributed by atoms with Crippen molar-refractivity contribution in [1.29, 1.82) is 0 Å². The lowest BCUT2D eigenvalue weighted by Gasteiger charge is -2.17. The first-order valence-electron chi connectivity index (χ1n) is 5.28. The summed E-state index contributed by atoms with van der Waals surface area (Å²) in [6.45, 7) is 0. The zero-order chi connectivity index (χ0) is 13.1. The highest BCUT2D eigenvalue weighted by Crippen LogP contribution is 2.28. The first-order valence-corrected chi connectivity index (χ1v) is 6.41. The van der Waals surface area contributed by atoms with E-state index in [-0.39, 0.29) is 6.04 Å². The van der Waals surface area contributed by atoms with Crippen LogP contribution in [0.4, 0.5) is 0 Å². The van der Waals surface area contributed by atoms with Crippen LogP contribution in [-0.2, 0) is 0 Å². The number of halogens is 3. The highest BCUT2D eigenvalue weighted by Gasteiger charge is 2.13. The lowest BCUT2D eigenvalue weighted by atomic mass is 9.99. The molecule has 0 saturated carbocycles. The van der Waals surface area contributed by atoms with Gasteiger partial charge in [0.2, 0.25) is 0 Å². The van der Waals surface area contributed by atoms with Gasteiger partial charge < -0.3 is 0 Å². The minimum absolute atomic E-state index is 0.156. The van der Waals surface area contributed by atoms with Crippen LogP contribution in [0, 0.1) is 0 Å². The lowest BCUT2D eigenvalue weighted by molar-refractivity contribution is 0.637. The summed E-state index contributed by atoms with van der Waals surface area (Å²) in [4.78, 5) is 0. The van der Waals surface area contributed by atoms with E-state index in [1.165, 1.54) is 0 Å². The van der Waals surface area contributed by atoms with Crippen molar-refractivity contribution >= 4 is 34.8 Å². The Kier molecular flexibility index (Phi) is 4.49. The summed E-state index contributed by atoms with van der Waals surface area (Å²) in [5.41, 5.74) is 4.70. The van der Waals surface area contributed by atoms with Crippen LogP contribution < -0.4 is 11.3 Å². The lowest BCUT2D eigenvalue weighted by Crippen LogP contribution is -2.28. The van der Waals surface area contributed by atoms with E-state index in [1.807, 2.05) is 30.3 Å². The molecular formula is C13H11Cl3N2. The molecule has 1 unspecified atom stereocenters. The molecule has 2 aromatic carbocycles. The molecule has 2 nitrogen and oxygen atoms in total. The number of hydrazine groups is 1. The van der Waals surface area contributed by atoms with E-state index >= 15 is 0 Å². The molecule has 18 heavy (non-hydrogen) atoms. The van der Waals surface area contributed by atoms with E-state index in [2.05, 4.69) is 5.43 Å². The second-order valence-electron chi connectivity index (χ2n) is 3.82. The number of rotatable bonds is 3. The molecule has 1 atom stereocenters. The highest BCUT2D eigenvalue weighted by atomic mass is 35.5. The van der Waals surface area contributed by atoms with Gasteiger partial charge in [-0.15, -0.1) is 0 Å². The molecule has 0 saturated heterocycles. The fourth-order valence-corrected chi connectivity index (χ4v) is 2.16. The van der Waals surface area contributed by atoms with E-state index in [0.29, 0.717) is 15.1 Å². The van der Waals surface area contributed by atoms with Crippen LogP contribution in [0.25, 0.3) is 0 Å². The van der Waals surface area contributed by atoms with Gasteiger partial charge in [-0.1, -0.05) is 53.0 Å². The van der Waals surface area contributed by atoms with Crippen molar-refractivity contribution in [2.75, 3.05) is 0 Å². The third-order valence-electron chi connectivity index (χ3n) is 2.65. The van der Waals surface area contributed by atoms with Gasteiger partial charge in [0.15, 0.2) is 0 Å². The van der Waals surface area contributed by atoms with Crippen LogP contribution in [0.15, 0.2) is 42.5 Å². The SMILES string of the molecule is NNC(c1ccc(Cl)cc1)c1ccc(Cl)c(Cl)c1. The summed E-state index contributed by atoms with van der Waals surface area (Å²) in [5.74, 6) is 5.60.